The molecule has 0 amide bonds. The standard InChI is InChI=1S/Ca.3ClH.Na.H/h;3*1H;;/q+2;;;;+1;-1/p-2. The molecule has 0 spiro atoms. The van der Waals surface area contributed by atoms with Gasteiger partial charge in [-0.05, 0) is 0 Å². The molecule has 0 bridgehead atoms. The largest absolute Gasteiger partial charge is 2.00 e. The zero-order chi connectivity index (χ0) is 0. The van der Waals surface area contributed by atoms with Crippen molar-refractivity contribution in [2.24, 2.45) is 0 Å². The summed E-state index contributed by atoms with van der Waals surface area (Å²) in [6.07, 6.45) is 0. The third-order valence-electron chi connectivity index (χ3n) is 0. The molecule has 0 aliphatic rings. The van der Waals surface area contributed by atoms with Gasteiger partial charge in [-0.2, -0.15) is 0 Å². The summed E-state index contributed by atoms with van der Waals surface area (Å²) in [7, 11) is 0. The predicted octanol–water partition coefficient (Wildman–Crippen LogP) is -8.83. The van der Waals surface area contributed by atoms with Gasteiger partial charge >= 0.3 is 67.3 Å². The van der Waals surface area contributed by atoms with Crippen LogP contribution in [0.1, 0.15) is 1.43 Å². The summed E-state index contributed by atoms with van der Waals surface area (Å²) in [5.74, 6) is 0. The van der Waals surface area contributed by atoms with Gasteiger partial charge in [0.2, 0.25) is 0 Å². The summed E-state index contributed by atoms with van der Waals surface area (Å²) >= 11 is 0. The Morgan fingerprint density at radius 1 is 1.00 bits per heavy atom. The summed E-state index contributed by atoms with van der Waals surface area (Å²) in [5.41, 5.74) is 0. The third-order valence-corrected chi connectivity index (χ3v) is 0. The van der Waals surface area contributed by atoms with E-state index in [1.807, 2.05) is 0 Å². The van der Waals surface area contributed by atoms with E-state index in [2.05, 4.69) is 0 Å². The van der Waals surface area contributed by atoms with E-state index in [1.165, 1.54) is 0 Å². The summed E-state index contributed by atoms with van der Waals surface area (Å²) in [6.45, 7) is 0. The minimum absolute atomic E-state index is 0. The maximum atomic E-state index is 0. The Kier molecular flexibility index (Phi) is 231. The normalized spacial score (nSPS) is 0. The van der Waals surface area contributed by atoms with Crippen LogP contribution < -0.4 is 54.4 Å². The van der Waals surface area contributed by atoms with Gasteiger partial charge in [-0.15, -0.1) is 12.4 Å². The van der Waals surface area contributed by atoms with Crippen molar-refractivity contribution in [1.29, 1.82) is 0 Å². The molecule has 0 fully saturated rings. The van der Waals surface area contributed by atoms with Gasteiger partial charge in [0.25, 0.3) is 0 Å². The molecule has 0 aromatic heterocycles. The Bertz CT molecular complexity index is 10.8. The van der Waals surface area contributed by atoms with Crippen molar-refractivity contribution in [3.8, 4) is 0 Å². The summed E-state index contributed by atoms with van der Waals surface area (Å²) in [5, 5.41) is 0. The van der Waals surface area contributed by atoms with E-state index in [-0.39, 0.29) is 106 Å². The van der Waals surface area contributed by atoms with Crippen LogP contribution in [0.15, 0.2) is 0 Å². The Balaban J connectivity index is 0. The summed E-state index contributed by atoms with van der Waals surface area (Å²) in [4.78, 5) is 0. The zero-order valence-electron chi connectivity index (χ0n) is 3.87. The first kappa shape index (κ1) is 42.2. The first-order valence-electron chi connectivity index (χ1n) is 0. The van der Waals surface area contributed by atoms with Gasteiger partial charge in [0.05, 0.1) is 0 Å². The number of hydrogen-bond donors (Lipinski definition) is 0. The fourth-order valence-corrected chi connectivity index (χ4v) is 0. The monoisotopic (exact) mass is 170 g/mol. The molecule has 0 N–H and O–H groups in total. The van der Waals surface area contributed by atoms with Crippen LogP contribution in [0.4, 0.5) is 0 Å². The Morgan fingerprint density at radius 3 is 1.00 bits per heavy atom. The first-order valence-corrected chi connectivity index (χ1v) is 0. The molecule has 26 valence electrons. The molecule has 0 atom stereocenters. The molecule has 0 aliphatic heterocycles. The molecule has 0 nitrogen and oxygen atoms in total. The minimum Gasteiger partial charge on any atom is -1.00 e. The van der Waals surface area contributed by atoms with Crippen LogP contribution >= 0.6 is 12.4 Å². The van der Waals surface area contributed by atoms with Crippen molar-refractivity contribution in [3.05, 3.63) is 0 Å². The van der Waals surface area contributed by atoms with Crippen LogP contribution in [0, 0.1) is 0 Å². The number of halogens is 3. The SMILES string of the molecule is Cl.[Ca+2].[Cl-].[Cl-].[H-].[Na+]. The van der Waals surface area contributed by atoms with E-state index < -0.39 is 0 Å². The fraction of sp³-hybridized carbons (Fsp3) is 0. The van der Waals surface area contributed by atoms with E-state index in [0.29, 0.717) is 0 Å². The molecule has 0 aliphatic carbocycles. The van der Waals surface area contributed by atoms with Crippen LogP contribution in [0.2, 0.25) is 0 Å². The maximum Gasteiger partial charge on any atom is 2.00 e. The average molecular weight is 171 g/mol. The Labute approximate surface area is 104 Å². The summed E-state index contributed by atoms with van der Waals surface area (Å²) < 4.78 is 0. The van der Waals surface area contributed by atoms with Crippen LogP contribution in [0.5, 0.6) is 0 Å². The average Bonchev–Trinajstić information content (AvgIpc) is 0. The zero-order valence-corrected chi connectivity index (χ0v) is 9.41. The molecular weight excluding hydrogens is 169 g/mol. The van der Waals surface area contributed by atoms with E-state index in [0.717, 1.165) is 0 Å². The van der Waals surface area contributed by atoms with Gasteiger partial charge in [-0.1, -0.05) is 0 Å². The number of hydrogen-bond acceptors (Lipinski definition) is 0. The third kappa shape index (κ3) is 19.2. The van der Waals surface area contributed by atoms with Crippen LogP contribution in [0.3, 0.4) is 0 Å². The molecule has 0 heterocycles. The van der Waals surface area contributed by atoms with E-state index in [1.54, 1.807) is 0 Å². The quantitative estimate of drug-likeness (QED) is 0.318. The van der Waals surface area contributed by atoms with Crippen molar-refractivity contribution < 1.29 is 55.8 Å². The second kappa shape index (κ2) is 27.3. The Hall–Kier alpha value is 3.13. The fourth-order valence-electron chi connectivity index (χ4n) is 0. The molecule has 0 rings (SSSR count). The molecule has 5 heavy (non-hydrogen) atoms. The Morgan fingerprint density at radius 2 is 1.00 bits per heavy atom. The molecule has 5 heteroatoms. The van der Waals surface area contributed by atoms with Crippen molar-refractivity contribution in [2.75, 3.05) is 0 Å². The molecule has 0 saturated carbocycles. The van der Waals surface area contributed by atoms with Crippen molar-refractivity contribution in [2.45, 2.75) is 0 Å². The molecule has 0 aromatic rings. The van der Waals surface area contributed by atoms with Crippen molar-refractivity contribution >= 4 is 50.1 Å². The molecular formula is H2CaCl3Na. The second-order valence-corrected chi connectivity index (χ2v) is 0. The summed E-state index contributed by atoms with van der Waals surface area (Å²) in [6, 6.07) is 0. The maximum absolute atomic E-state index is 0. The van der Waals surface area contributed by atoms with Crippen molar-refractivity contribution in [3.63, 3.8) is 0 Å². The van der Waals surface area contributed by atoms with Gasteiger partial charge < -0.3 is 26.2 Å². The second-order valence-electron chi connectivity index (χ2n) is 0. The van der Waals surface area contributed by atoms with Gasteiger partial charge in [0, 0.05) is 0 Å². The predicted molar refractivity (Wildman–Crippen MR) is 14.1 cm³/mol. The first-order chi connectivity index (χ1) is 0. The molecule has 0 saturated heterocycles. The van der Waals surface area contributed by atoms with Gasteiger partial charge in [-0.25, -0.2) is 0 Å². The van der Waals surface area contributed by atoms with Gasteiger partial charge in [-0.3, -0.25) is 0 Å². The topological polar surface area (TPSA) is 0 Å². The molecule has 0 radical (unpaired) electrons. The van der Waals surface area contributed by atoms with Gasteiger partial charge in [0.1, 0.15) is 0 Å². The van der Waals surface area contributed by atoms with Gasteiger partial charge in [0.15, 0.2) is 0 Å². The molecule has 0 aromatic carbocycles. The van der Waals surface area contributed by atoms with Crippen molar-refractivity contribution in [1.82, 2.24) is 0 Å². The van der Waals surface area contributed by atoms with Crippen LogP contribution in [-0.2, 0) is 0 Å². The number of rotatable bonds is 0. The molecule has 0 unspecified atom stereocenters. The minimum atomic E-state index is 0. The van der Waals surface area contributed by atoms with E-state index in [4.69, 9.17) is 0 Å². The van der Waals surface area contributed by atoms with Crippen LogP contribution in [-0.4, -0.2) is 37.7 Å². The van der Waals surface area contributed by atoms with Crippen LogP contribution in [0.25, 0.3) is 0 Å². The smallest absolute Gasteiger partial charge is 1.00 e. The van der Waals surface area contributed by atoms with E-state index in [9.17, 15) is 0 Å². The van der Waals surface area contributed by atoms with E-state index >= 15 is 0 Å².